The van der Waals surface area contributed by atoms with E-state index in [-0.39, 0.29) is 0 Å². The minimum atomic E-state index is -0.420. The average Bonchev–Trinajstić information content (AvgIpc) is 2.94. The monoisotopic (exact) mass is 494 g/mol. The van der Waals surface area contributed by atoms with Crippen LogP contribution in [0.5, 0.6) is 0 Å². The van der Waals surface area contributed by atoms with Gasteiger partial charge in [-0.1, -0.05) is 25.0 Å². The number of nitrogens with two attached hydrogens (primary N) is 1. The van der Waals surface area contributed by atoms with Crippen LogP contribution in [0.4, 0.5) is 11.5 Å². The van der Waals surface area contributed by atoms with E-state index in [0.29, 0.717) is 29.1 Å². The molecule has 190 valence electrons. The molecule has 2 aliphatic rings. The number of hydrogen-bond acceptors (Lipinski definition) is 6. The Hall–Kier alpha value is -3.92. The van der Waals surface area contributed by atoms with Crippen LogP contribution in [0.3, 0.4) is 0 Å². The summed E-state index contributed by atoms with van der Waals surface area (Å²) in [6.07, 6.45) is 12.2. The van der Waals surface area contributed by atoms with E-state index in [9.17, 15) is 4.79 Å². The summed E-state index contributed by atoms with van der Waals surface area (Å²) in [5.74, 6) is 1.72. The predicted octanol–water partition coefficient (Wildman–Crippen LogP) is 5.39. The van der Waals surface area contributed by atoms with Gasteiger partial charge >= 0.3 is 0 Å². The molecule has 3 N–H and O–H groups in total. The molecule has 2 aromatic heterocycles. The minimum Gasteiger partial charge on any atom is -0.370 e. The summed E-state index contributed by atoms with van der Waals surface area (Å²) in [4.78, 5) is 22.9. The first-order valence-electron chi connectivity index (χ1n) is 13.3. The van der Waals surface area contributed by atoms with Crippen molar-refractivity contribution >= 4 is 17.4 Å². The number of anilines is 2. The van der Waals surface area contributed by atoms with Crippen LogP contribution < -0.4 is 16.0 Å². The van der Waals surface area contributed by atoms with Gasteiger partial charge in [0.1, 0.15) is 17.6 Å². The van der Waals surface area contributed by atoms with E-state index < -0.39 is 5.91 Å². The minimum absolute atomic E-state index is 0.403. The van der Waals surface area contributed by atoms with Crippen molar-refractivity contribution in [2.45, 2.75) is 51.0 Å². The first-order valence-corrected chi connectivity index (χ1v) is 13.3. The molecule has 0 unspecified atom stereocenters. The first-order chi connectivity index (χ1) is 18.1. The van der Waals surface area contributed by atoms with E-state index in [4.69, 9.17) is 11.0 Å². The predicted molar refractivity (Wildman–Crippen MR) is 146 cm³/mol. The number of carbonyl (C=O) groups is 1. The maximum atomic E-state index is 11.6. The molecular weight excluding hydrogens is 460 g/mol. The van der Waals surface area contributed by atoms with E-state index in [1.807, 2.05) is 48.8 Å². The standard InChI is InChI=1S/C30H34N6O/c31-18-26-10-11-27(19-34-26)36-14-4-5-21(20-36)15-24-6-1-2-9-28(24)35-29-17-23(12-13-33-29)22-7-3-8-25(16-22)30(32)37/h3,7-8,10-13,16-17,19,21,24,28H,1-2,4-6,9,14-15,20H2,(H2,32,37)(H,33,35)/t21-,24+,28-/m1/s1. The van der Waals surface area contributed by atoms with Crippen LogP contribution in [0, 0.1) is 23.2 Å². The van der Waals surface area contributed by atoms with Crippen LogP contribution in [0.2, 0.25) is 0 Å². The van der Waals surface area contributed by atoms with Crippen LogP contribution in [0.25, 0.3) is 11.1 Å². The van der Waals surface area contributed by atoms with Gasteiger partial charge in [0.2, 0.25) is 5.91 Å². The topological polar surface area (TPSA) is 108 Å². The van der Waals surface area contributed by atoms with Crippen molar-refractivity contribution in [1.29, 1.82) is 5.26 Å². The number of benzene rings is 1. The second-order valence-corrected chi connectivity index (χ2v) is 10.4. The maximum absolute atomic E-state index is 11.6. The molecule has 1 aliphatic carbocycles. The Morgan fingerprint density at radius 2 is 1.92 bits per heavy atom. The number of primary amides is 1. The lowest BCUT2D eigenvalue weighted by atomic mass is 9.77. The molecule has 0 radical (unpaired) electrons. The van der Waals surface area contributed by atoms with Gasteiger partial charge in [-0.15, -0.1) is 0 Å². The van der Waals surface area contributed by atoms with Gasteiger partial charge in [-0.05, 0) is 91.5 Å². The van der Waals surface area contributed by atoms with Crippen molar-refractivity contribution in [2.24, 2.45) is 17.6 Å². The van der Waals surface area contributed by atoms with Crippen molar-refractivity contribution in [3.05, 3.63) is 72.2 Å². The zero-order chi connectivity index (χ0) is 25.6. The van der Waals surface area contributed by atoms with Crippen LogP contribution in [-0.4, -0.2) is 35.0 Å². The highest BCUT2D eigenvalue weighted by atomic mass is 16.1. The van der Waals surface area contributed by atoms with Gasteiger partial charge in [0.05, 0.1) is 11.9 Å². The number of nitrogens with zero attached hydrogens (tertiary/aromatic N) is 4. The quantitative estimate of drug-likeness (QED) is 0.456. The first kappa shape index (κ1) is 24.8. The lowest BCUT2D eigenvalue weighted by molar-refractivity contribution is 0.100. The molecule has 1 aliphatic heterocycles. The number of rotatable bonds is 7. The van der Waals surface area contributed by atoms with E-state index in [0.717, 1.165) is 42.1 Å². The van der Waals surface area contributed by atoms with Crippen molar-refractivity contribution in [1.82, 2.24) is 9.97 Å². The maximum Gasteiger partial charge on any atom is 0.248 e. The molecule has 2 fully saturated rings. The summed E-state index contributed by atoms with van der Waals surface area (Å²) < 4.78 is 0. The van der Waals surface area contributed by atoms with Crippen LogP contribution in [0.15, 0.2) is 60.9 Å². The number of hydrogen-bond donors (Lipinski definition) is 2. The number of piperidine rings is 1. The molecule has 3 aromatic rings. The van der Waals surface area contributed by atoms with E-state index >= 15 is 0 Å². The Kier molecular flexibility index (Phi) is 7.65. The lowest BCUT2D eigenvalue weighted by Crippen LogP contribution is -2.39. The van der Waals surface area contributed by atoms with Crippen LogP contribution >= 0.6 is 0 Å². The van der Waals surface area contributed by atoms with Gasteiger partial charge in [0.25, 0.3) is 0 Å². The third-order valence-electron chi connectivity index (χ3n) is 7.87. The molecule has 3 atom stereocenters. The number of carbonyl (C=O) groups excluding carboxylic acids is 1. The molecular formula is C30H34N6O. The summed E-state index contributed by atoms with van der Waals surface area (Å²) in [6.45, 7) is 2.09. The highest BCUT2D eigenvalue weighted by molar-refractivity contribution is 5.94. The van der Waals surface area contributed by atoms with Gasteiger partial charge in [-0.3, -0.25) is 4.79 Å². The second kappa shape index (κ2) is 11.4. The van der Waals surface area contributed by atoms with Gasteiger partial charge in [0, 0.05) is 30.9 Å². The Labute approximate surface area is 218 Å². The smallest absolute Gasteiger partial charge is 0.248 e. The fraction of sp³-hybridized carbons (Fsp3) is 0.400. The normalized spacial score (nSPS) is 21.7. The summed E-state index contributed by atoms with van der Waals surface area (Å²) >= 11 is 0. The van der Waals surface area contributed by atoms with Crippen molar-refractivity contribution in [3.63, 3.8) is 0 Å². The van der Waals surface area contributed by atoms with Gasteiger partial charge in [0.15, 0.2) is 0 Å². The summed E-state index contributed by atoms with van der Waals surface area (Å²) in [7, 11) is 0. The van der Waals surface area contributed by atoms with E-state index in [2.05, 4.69) is 32.3 Å². The second-order valence-electron chi connectivity index (χ2n) is 10.4. The number of nitriles is 1. The zero-order valence-electron chi connectivity index (χ0n) is 21.1. The molecule has 3 heterocycles. The Balaban J connectivity index is 1.25. The summed E-state index contributed by atoms with van der Waals surface area (Å²) in [5.41, 5.74) is 9.55. The fourth-order valence-electron chi connectivity index (χ4n) is 5.97. The SMILES string of the molecule is N#Cc1ccc(N2CCC[C@H](C[C@@H]3CCCC[C@H]3Nc3cc(-c4cccc(C(N)=O)c4)ccn3)C2)cn1. The van der Waals surface area contributed by atoms with Gasteiger partial charge in [-0.2, -0.15) is 5.26 Å². The summed E-state index contributed by atoms with van der Waals surface area (Å²) in [6, 6.07) is 17.8. The third-order valence-corrected chi connectivity index (χ3v) is 7.87. The Bertz CT molecular complexity index is 1270. The average molecular weight is 495 g/mol. The van der Waals surface area contributed by atoms with Crippen LogP contribution in [-0.2, 0) is 0 Å². The highest BCUT2D eigenvalue weighted by Gasteiger charge is 2.30. The molecule has 0 spiro atoms. The molecule has 0 bridgehead atoms. The van der Waals surface area contributed by atoms with Crippen molar-refractivity contribution in [3.8, 4) is 17.2 Å². The molecule has 7 nitrogen and oxygen atoms in total. The molecule has 7 heteroatoms. The molecule has 1 saturated heterocycles. The lowest BCUT2D eigenvalue weighted by Gasteiger charge is -2.39. The van der Waals surface area contributed by atoms with E-state index in [1.54, 1.807) is 6.07 Å². The largest absolute Gasteiger partial charge is 0.370 e. The Morgan fingerprint density at radius 1 is 1.05 bits per heavy atom. The molecule has 1 aromatic carbocycles. The third kappa shape index (κ3) is 6.08. The number of nitrogens with one attached hydrogen (secondary N) is 1. The number of amides is 1. The number of aromatic nitrogens is 2. The summed E-state index contributed by atoms with van der Waals surface area (Å²) in [5, 5.41) is 12.8. The van der Waals surface area contributed by atoms with Gasteiger partial charge in [-0.25, -0.2) is 9.97 Å². The van der Waals surface area contributed by atoms with Crippen LogP contribution in [0.1, 0.15) is 61.0 Å². The van der Waals surface area contributed by atoms with Crippen molar-refractivity contribution < 1.29 is 4.79 Å². The Morgan fingerprint density at radius 3 is 2.73 bits per heavy atom. The molecule has 5 rings (SSSR count). The highest BCUT2D eigenvalue weighted by Crippen LogP contribution is 2.35. The van der Waals surface area contributed by atoms with Crippen molar-refractivity contribution in [2.75, 3.05) is 23.3 Å². The molecule has 1 amide bonds. The number of pyridine rings is 2. The zero-order valence-corrected chi connectivity index (χ0v) is 21.1. The fourth-order valence-corrected chi connectivity index (χ4v) is 5.97. The van der Waals surface area contributed by atoms with E-state index in [1.165, 1.54) is 38.5 Å². The molecule has 1 saturated carbocycles. The van der Waals surface area contributed by atoms with Gasteiger partial charge < -0.3 is 16.0 Å². The molecule has 37 heavy (non-hydrogen) atoms.